The number of methoxy groups -OCH3 is 3. The van der Waals surface area contributed by atoms with Crippen molar-refractivity contribution in [3.05, 3.63) is 52.6 Å². The van der Waals surface area contributed by atoms with Gasteiger partial charge in [0.1, 0.15) is 5.75 Å². The normalized spacial score (nSPS) is 17.7. The third-order valence-electron chi connectivity index (χ3n) is 5.89. The number of hydrogen-bond donors (Lipinski definition) is 0. The second kappa shape index (κ2) is 10.2. The summed E-state index contributed by atoms with van der Waals surface area (Å²) in [6, 6.07) is 13.8. The van der Waals surface area contributed by atoms with E-state index in [4.69, 9.17) is 18.9 Å². The highest BCUT2D eigenvalue weighted by atomic mass is 32.2. The molecule has 178 valence electrons. The lowest BCUT2D eigenvalue weighted by atomic mass is 9.86. The molecule has 0 aliphatic carbocycles. The van der Waals surface area contributed by atoms with Crippen LogP contribution in [0.2, 0.25) is 0 Å². The lowest BCUT2D eigenvalue weighted by Crippen LogP contribution is -2.47. The lowest BCUT2D eigenvalue weighted by molar-refractivity contribution is -0.129. The molecule has 0 bridgehead atoms. The molecule has 0 N–H and O–H groups in total. The first kappa shape index (κ1) is 23.6. The van der Waals surface area contributed by atoms with Crippen molar-refractivity contribution in [1.82, 2.24) is 4.90 Å². The number of anilines is 1. The molecule has 2 aliphatic rings. The van der Waals surface area contributed by atoms with Gasteiger partial charge in [0.25, 0.3) is 0 Å². The summed E-state index contributed by atoms with van der Waals surface area (Å²) in [6.45, 7) is 2.86. The standard InChI is InChI=1S/C25H27N3O5S/c1-5-33-20-9-7-6-8-19(20)27-14-28-23(29)12-17(18(13-26)25(28)34-15-27)16-10-21(30-2)24(32-4)22(11-16)31-3/h6-11,17H,5,12,14-15H2,1-4H3/t17-/m1/s1. The molecule has 0 aromatic heterocycles. The largest absolute Gasteiger partial charge is 0.493 e. The van der Waals surface area contributed by atoms with Crippen molar-refractivity contribution >= 4 is 23.4 Å². The molecular formula is C25H27N3O5S. The van der Waals surface area contributed by atoms with Gasteiger partial charge in [-0.15, -0.1) is 0 Å². The van der Waals surface area contributed by atoms with Crippen LogP contribution in [0.25, 0.3) is 0 Å². The number of fused-ring (bicyclic) bond motifs is 1. The van der Waals surface area contributed by atoms with E-state index in [-0.39, 0.29) is 12.3 Å². The maximum Gasteiger partial charge on any atom is 0.229 e. The summed E-state index contributed by atoms with van der Waals surface area (Å²) in [7, 11) is 4.63. The molecule has 1 fully saturated rings. The van der Waals surface area contributed by atoms with Crippen LogP contribution in [-0.2, 0) is 4.79 Å². The van der Waals surface area contributed by atoms with E-state index in [0.29, 0.717) is 47.0 Å². The fraction of sp³-hybridized carbons (Fsp3) is 0.360. The highest BCUT2D eigenvalue weighted by Gasteiger charge is 2.39. The van der Waals surface area contributed by atoms with Crippen molar-refractivity contribution < 1.29 is 23.7 Å². The minimum atomic E-state index is -0.396. The number of benzene rings is 2. The van der Waals surface area contributed by atoms with Gasteiger partial charge in [-0.3, -0.25) is 9.69 Å². The maximum atomic E-state index is 13.3. The van der Waals surface area contributed by atoms with Gasteiger partial charge in [0.05, 0.1) is 62.8 Å². The van der Waals surface area contributed by atoms with Crippen LogP contribution in [0.15, 0.2) is 47.0 Å². The second-order valence-electron chi connectivity index (χ2n) is 7.72. The van der Waals surface area contributed by atoms with Crippen LogP contribution in [0.3, 0.4) is 0 Å². The number of carbonyl (C=O) groups excluding carboxylic acids is 1. The summed E-state index contributed by atoms with van der Waals surface area (Å²) in [6.07, 6.45) is 0.173. The quantitative estimate of drug-likeness (QED) is 0.578. The Kier molecular flexibility index (Phi) is 7.08. The van der Waals surface area contributed by atoms with Gasteiger partial charge in [-0.25, -0.2) is 0 Å². The minimum absolute atomic E-state index is 0.0427. The number of carbonyl (C=O) groups is 1. The van der Waals surface area contributed by atoms with Gasteiger partial charge in [0.2, 0.25) is 11.7 Å². The summed E-state index contributed by atoms with van der Waals surface area (Å²) in [5.41, 5.74) is 2.27. The molecular weight excluding hydrogens is 454 g/mol. The van der Waals surface area contributed by atoms with Crippen LogP contribution >= 0.6 is 11.8 Å². The number of hydrogen-bond acceptors (Lipinski definition) is 8. The zero-order valence-electron chi connectivity index (χ0n) is 19.7. The van der Waals surface area contributed by atoms with Crippen molar-refractivity contribution in [2.24, 2.45) is 0 Å². The zero-order valence-corrected chi connectivity index (χ0v) is 20.5. The van der Waals surface area contributed by atoms with E-state index in [1.54, 1.807) is 26.2 Å². The van der Waals surface area contributed by atoms with Crippen LogP contribution in [0.1, 0.15) is 24.8 Å². The summed E-state index contributed by atoms with van der Waals surface area (Å²) in [5, 5.41) is 10.8. The minimum Gasteiger partial charge on any atom is -0.493 e. The molecule has 1 amide bonds. The molecule has 2 heterocycles. The summed E-state index contributed by atoms with van der Waals surface area (Å²) >= 11 is 1.48. The monoisotopic (exact) mass is 481 g/mol. The van der Waals surface area contributed by atoms with Crippen LogP contribution in [0.5, 0.6) is 23.0 Å². The summed E-state index contributed by atoms with van der Waals surface area (Å²) in [4.78, 5) is 17.1. The number of amides is 1. The SMILES string of the molecule is CCOc1ccccc1N1CSC2=C(C#N)[C@@H](c3cc(OC)c(OC)c(OC)c3)CC(=O)N2C1. The zero-order chi connectivity index (χ0) is 24.2. The fourth-order valence-corrected chi connectivity index (χ4v) is 5.46. The van der Waals surface area contributed by atoms with Crippen LogP contribution in [0.4, 0.5) is 5.69 Å². The highest BCUT2D eigenvalue weighted by Crippen LogP contribution is 2.47. The van der Waals surface area contributed by atoms with Gasteiger partial charge in [-0.2, -0.15) is 5.26 Å². The molecule has 1 saturated heterocycles. The van der Waals surface area contributed by atoms with Gasteiger partial charge >= 0.3 is 0 Å². The Bertz CT molecular complexity index is 1130. The molecule has 0 spiro atoms. The van der Waals surface area contributed by atoms with Gasteiger partial charge in [0, 0.05) is 12.3 Å². The Morgan fingerprint density at radius 1 is 1.09 bits per heavy atom. The van der Waals surface area contributed by atoms with Crippen LogP contribution in [-0.4, -0.2) is 51.3 Å². The van der Waals surface area contributed by atoms with Crippen molar-refractivity contribution in [1.29, 1.82) is 5.26 Å². The number of thioether (sulfide) groups is 1. The van der Waals surface area contributed by atoms with Crippen molar-refractivity contribution in [2.45, 2.75) is 19.3 Å². The third-order valence-corrected chi connectivity index (χ3v) is 7.04. The molecule has 2 aromatic rings. The fourth-order valence-electron chi connectivity index (χ4n) is 4.30. The number of ether oxygens (including phenoxy) is 4. The highest BCUT2D eigenvalue weighted by molar-refractivity contribution is 8.03. The predicted molar refractivity (Wildman–Crippen MR) is 130 cm³/mol. The number of para-hydroxylation sites is 2. The number of allylic oxidation sites excluding steroid dienone is 1. The van der Waals surface area contributed by atoms with E-state index in [9.17, 15) is 10.1 Å². The Labute approximate surface area is 203 Å². The topological polar surface area (TPSA) is 84.3 Å². The molecule has 0 saturated carbocycles. The first-order valence-corrected chi connectivity index (χ1v) is 11.9. The Morgan fingerprint density at radius 2 is 1.79 bits per heavy atom. The average molecular weight is 482 g/mol. The van der Waals surface area contributed by atoms with Crippen LogP contribution in [0, 0.1) is 11.3 Å². The number of nitriles is 1. The molecule has 9 heteroatoms. The van der Waals surface area contributed by atoms with E-state index in [1.807, 2.05) is 43.3 Å². The van der Waals surface area contributed by atoms with E-state index in [0.717, 1.165) is 17.0 Å². The summed E-state index contributed by atoms with van der Waals surface area (Å²) < 4.78 is 22.2. The molecule has 0 unspecified atom stereocenters. The Morgan fingerprint density at radius 3 is 2.41 bits per heavy atom. The van der Waals surface area contributed by atoms with E-state index < -0.39 is 5.92 Å². The van der Waals surface area contributed by atoms with Crippen molar-refractivity contribution in [3.8, 4) is 29.1 Å². The Balaban J connectivity index is 1.70. The van der Waals surface area contributed by atoms with Gasteiger partial charge < -0.3 is 23.8 Å². The molecule has 0 radical (unpaired) electrons. The first-order valence-electron chi connectivity index (χ1n) is 10.9. The van der Waals surface area contributed by atoms with E-state index >= 15 is 0 Å². The first-order chi connectivity index (χ1) is 16.6. The smallest absolute Gasteiger partial charge is 0.229 e. The molecule has 2 aliphatic heterocycles. The molecule has 8 nitrogen and oxygen atoms in total. The molecule has 2 aromatic carbocycles. The molecule has 34 heavy (non-hydrogen) atoms. The second-order valence-corrected chi connectivity index (χ2v) is 8.66. The van der Waals surface area contributed by atoms with Crippen molar-refractivity contribution in [3.63, 3.8) is 0 Å². The Hall–Kier alpha value is -3.51. The third kappa shape index (κ3) is 4.21. The molecule has 4 rings (SSSR count). The average Bonchev–Trinajstić information content (AvgIpc) is 2.88. The predicted octanol–water partition coefficient (Wildman–Crippen LogP) is 4.33. The lowest BCUT2D eigenvalue weighted by Gasteiger charge is -2.42. The van der Waals surface area contributed by atoms with Crippen molar-refractivity contribution in [2.75, 3.05) is 45.4 Å². The van der Waals surface area contributed by atoms with Gasteiger partial charge in [-0.05, 0) is 36.8 Å². The summed E-state index contributed by atoms with van der Waals surface area (Å²) in [5.74, 6) is 2.38. The van der Waals surface area contributed by atoms with Crippen LogP contribution < -0.4 is 23.8 Å². The number of nitrogens with zero attached hydrogens (tertiary/aromatic N) is 3. The van der Waals surface area contributed by atoms with E-state index in [1.165, 1.54) is 11.8 Å². The number of rotatable bonds is 7. The van der Waals surface area contributed by atoms with Gasteiger partial charge in [0.15, 0.2) is 11.5 Å². The van der Waals surface area contributed by atoms with E-state index in [2.05, 4.69) is 11.0 Å². The maximum absolute atomic E-state index is 13.3. The van der Waals surface area contributed by atoms with Gasteiger partial charge in [-0.1, -0.05) is 23.9 Å². The molecule has 1 atom stereocenters.